The van der Waals surface area contributed by atoms with Gasteiger partial charge in [0.1, 0.15) is 5.52 Å². The Bertz CT molecular complexity index is 513. The van der Waals surface area contributed by atoms with Crippen LogP contribution in [0.15, 0.2) is 30.9 Å². The second-order valence-corrected chi connectivity index (χ2v) is 2.99. The van der Waals surface area contributed by atoms with E-state index in [0.717, 1.165) is 16.6 Å². The van der Waals surface area contributed by atoms with Crippen molar-refractivity contribution in [3.63, 3.8) is 0 Å². The molecule has 70 valence electrons. The summed E-state index contributed by atoms with van der Waals surface area (Å²) in [6.45, 7) is 5.34. The summed E-state index contributed by atoms with van der Waals surface area (Å²) in [4.78, 5) is 11.3. The lowest BCUT2D eigenvalue weighted by atomic mass is 10.2. The predicted octanol–water partition coefficient (Wildman–Crippen LogP) is 1.57. The normalized spacial score (nSPS) is 10.4. The number of allylic oxidation sites excluding steroid dienone is 1. The smallest absolute Gasteiger partial charge is 0.267 e. The minimum atomic E-state index is -0.266. The zero-order chi connectivity index (χ0) is 10.1. The Morgan fingerprint density at radius 3 is 3.07 bits per heavy atom. The van der Waals surface area contributed by atoms with Crippen LogP contribution in [0.4, 0.5) is 0 Å². The number of carbonyl (C=O) groups is 1. The molecule has 2 aromatic rings. The lowest BCUT2D eigenvalue weighted by molar-refractivity contribution is 0.0957. The first kappa shape index (κ1) is 8.62. The number of aromatic nitrogens is 3. The molecule has 1 aromatic carbocycles. The molecule has 0 unspecified atom stereocenters. The molecule has 0 fully saturated rings. The second-order valence-electron chi connectivity index (χ2n) is 2.99. The topological polar surface area (TPSA) is 47.8 Å². The molecular weight excluding hydrogens is 178 g/mol. The van der Waals surface area contributed by atoms with Crippen LogP contribution in [-0.2, 0) is 0 Å². The zero-order valence-electron chi connectivity index (χ0n) is 7.77. The minimum absolute atomic E-state index is 0.266. The van der Waals surface area contributed by atoms with Crippen molar-refractivity contribution in [1.29, 1.82) is 0 Å². The number of aryl methyl sites for hydroxylation is 1. The highest BCUT2D eigenvalue weighted by Gasteiger charge is 2.09. The molecule has 0 saturated heterocycles. The molecule has 4 nitrogen and oxygen atoms in total. The van der Waals surface area contributed by atoms with Gasteiger partial charge in [-0.1, -0.05) is 23.9 Å². The number of nitrogens with zero attached hydrogens (tertiary/aromatic N) is 3. The number of hydrogen-bond acceptors (Lipinski definition) is 3. The summed E-state index contributed by atoms with van der Waals surface area (Å²) in [6.07, 6.45) is 1.22. The van der Waals surface area contributed by atoms with E-state index in [4.69, 9.17) is 0 Å². The highest BCUT2D eigenvalue weighted by molar-refractivity contribution is 5.95. The van der Waals surface area contributed by atoms with Crippen LogP contribution in [0.25, 0.3) is 11.0 Å². The summed E-state index contributed by atoms with van der Waals surface area (Å²) in [6, 6.07) is 5.61. The fourth-order valence-corrected chi connectivity index (χ4v) is 1.33. The van der Waals surface area contributed by atoms with E-state index >= 15 is 0 Å². The third kappa shape index (κ3) is 1.12. The maximum atomic E-state index is 11.3. The van der Waals surface area contributed by atoms with Gasteiger partial charge in [-0.15, -0.1) is 5.10 Å². The molecule has 0 aliphatic carbocycles. The van der Waals surface area contributed by atoms with Crippen molar-refractivity contribution >= 4 is 16.9 Å². The van der Waals surface area contributed by atoms with Gasteiger partial charge >= 0.3 is 0 Å². The Labute approximate surface area is 80.8 Å². The number of carbonyl (C=O) groups excluding carboxylic acids is 1. The quantitative estimate of drug-likeness (QED) is 0.636. The average molecular weight is 187 g/mol. The van der Waals surface area contributed by atoms with Gasteiger partial charge in [-0.25, -0.2) is 0 Å². The van der Waals surface area contributed by atoms with E-state index in [0.29, 0.717) is 0 Å². The number of hydrogen-bond donors (Lipinski definition) is 0. The van der Waals surface area contributed by atoms with Gasteiger partial charge in [-0.2, -0.15) is 4.68 Å². The fraction of sp³-hybridized carbons (Fsp3) is 0.100. The Kier molecular flexibility index (Phi) is 1.89. The second kappa shape index (κ2) is 3.06. The fourth-order valence-electron chi connectivity index (χ4n) is 1.33. The average Bonchev–Trinajstić information content (AvgIpc) is 2.62. The van der Waals surface area contributed by atoms with Crippen molar-refractivity contribution < 1.29 is 4.79 Å². The van der Waals surface area contributed by atoms with Gasteiger partial charge in [0.05, 0.1) is 5.52 Å². The Morgan fingerprint density at radius 1 is 1.57 bits per heavy atom. The van der Waals surface area contributed by atoms with Gasteiger partial charge in [0, 0.05) is 0 Å². The van der Waals surface area contributed by atoms with E-state index in [-0.39, 0.29) is 5.91 Å². The molecule has 1 aromatic heterocycles. The van der Waals surface area contributed by atoms with Crippen LogP contribution in [0.1, 0.15) is 10.4 Å². The van der Waals surface area contributed by atoms with Crippen LogP contribution in [0.2, 0.25) is 0 Å². The minimum Gasteiger partial charge on any atom is -0.267 e. The maximum Gasteiger partial charge on any atom is 0.272 e. The van der Waals surface area contributed by atoms with Crippen molar-refractivity contribution in [2.45, 2.75) is 6.92 Å². The summed E-state index contributed by atoms with van der Waals surface area (Å²) in [5.41, 5.74) is 2.48. The van der Waals surface area contributed by atoms with Crippen molar-refractivity contribution in [2.24, 2.45) is 0 Å². The Balaban J connectivity index is 2.75. The molecule has 0 spiro atoms. The number of benzene rings is 1. The highest BCUT2D eigenvalue weighted by Crippen LogP contribution is 2.14. The molecule has 0 atom stereocenters. The van der Waals surface area contributed by atoms with Crippen molar-refractivity contribution in [3.8, 4) is 0 Å². The molecule has 0 amide bonds. The molecule has 1 heterocycles. The van der Waals surface area contributed by atoms with E-state index in [1.54, 1.807) is 0 Å². The van der Waals surface area contributed by atoms with Gasteiger partial charge in [0.15, 0.2) is 0 Å². The van der Waals surface area contributed by atoms with Crippen LogP contribution in [-0.4, -0.2) is 20.9 Å². The first-order chi connectivity index (χ1) is 6.74. The molecule has 4 heteroatoms. The van der Waals surface area contributed by atoms with Crippen LogP contribution in [0.5, 0.6) is 0 Å². The predicted molar refractivity (Wildman–Crippen MR) is 53.1 cm³/mol. The molecule has 0 radical (unpaired) electrons. The molecule has 0 aliphatic rings. The van der Waals surface area contributed by atoms with Gasteiger partial charge < -0.3 is 0 Å². The van der Waals surface area contributed by atoms with Gasteiger partial charge in [0.25, 0.3) is 5.91 Å². The molecule has 0 N–H and O–H groups in total. The van der Waals surface area contributed by atoms with Crippen molar-refractivity contribution in [3.05, 3.63) is 36.4 Å². The van der Waals surface area contributed by atoms with Crippen LogP contribution < -0.4 is 0 Å². The summed E-state index contributed by atoms with van der Waals surface area (Å²) in [5.74, 6) is -0.266. The molecule has 0 saturated carbocycles. The van der Waals surface area contributed by atoms with Gasteiger partial charge in [-0.3, -0.25) is 4.79 Å². The van der Waals surface area contributed by atoms with E-state index in [1.807, 2.05) is 25.1 Å². The summed E-state index contributed by atoms with van der Waals surface area (Å²) in [5, 5.41) is 7.70. The third-order valence-corrected chi connectivity index (χ3v) is 2.06. The van der Waals surface area contributed by atoms with Gasteiger partial charge in [0.2, 0.25) is 0 Å². The molecule has 2 rings (SSSR count). The lowest BCUT2D eigenvalue weighted by Crippen LogP contribution is -2.08. The Morgan fingerprint density at radius 2 is 2.36 bits per heavy atom. The number of rotatable bonds is 1. The van der Waals surface area contributed by atoms with Crippen LogP contribution in [0.3, 0.4) is 0 Å². The van der Waals surface area contributed by atoms with Crippen molar-refractivity contribution in [2.75, 3.05) is 0 Å². The van der Waals surface area contributed by atoms with E-state index in [1.165, 1.54) is 10.8 Å². The van der Waals surface area contributed by atoms with Crippen LogP contribution >= 0.6 is 0 Å². The summed E-state index contributed by atoms with van der Waals surface area (Å²) < 4.78 is 1.25. The number of fused-ring (bicyclic) bond motifs is 1. The maximum absolute atomic E-state index is 11.3. The van der Waals surface area contributed by atoms with E-state index < -0.39 is 0 Å². The largest absolute Gasteiger partial charge is 0.272 e. The highest BCUT2D eigenvalue weighted by atomic mass is 16.2. The van der Waals surface area contributed by atoms with Gasteiger partial charge in [-0.05, 0) is 24.6 Å². The van der Waals surface area contributed by atoms with Crippen LogP contribution in [0, 0.1) is 6.92 Å². The molecule has 14 heavy (non-hydrogen) atoms. The third-order valence-electron chi connectivity index (χ3n) is 2.06. The molecular formula is C10H9N3O. The van der Waals surface area contributed by atoms with E-state index in [2.05, 4.69) is 16.9 Å². The SMILES string of the molecule is C=CC(=O)n1nnc2c(C)cccc21. The first-order valence-electron chi connectivity index (χ1n) is 4.22. The summed E-state index contributed by atoms with van der Waals surface area (Å²) >= 11 is 0. The standard InChI is InChI=1S/C10H9N3O/c1-3-9(14)13-8-6-4-5-7(2)10(8)11-12-13/h3-6H,1H2,2H3. The Hall–Kier alpha value is -1.97. The molecule has 0 aliphatic heterocycles. The monoisotopic (exact) mass is 187 g/mol. The first-order valence-corrected chi connectivity index (χ1v) is 4.22. The van der Waals surface area contributed by atoms with E-state index in [9.17, 15) is 4.79 Å². The molecule has 0 bridgehead atoms. The lowest BCUT2D eigenvalue weighted by Gasteiger charge is -1.95. The summed E-state index contributed by atoms with van der Waals surface area (Å²) in [7, 11) is 0. The zero-order valence-corrected chi connectivity index (χ0v) is 7.77. The van der Waals surface area contributed by atoms with Crippen molar-refractivity contribution in [1.82, 2.24) is 15.0 Å².